The van der Waals surface area contributed by atoms with Crippen molar-refractivity contribution in [2.75, 3.05) is 11.9 Å². The molecule has 0 aliphatic carbocycles. The van der Waals surface area contributed by atoms with Crippen molar-refractivity contribution in [3.05, 3.63) is 18.6 Å². The summed E-state index contributed by atoms with van der Waals surface area (Å²) in [6, 6.07) is 1.27. The third-order valence-electron chi connectivity index (χ3n) is 3.10. The fourth-order valence-electron chi connectivity index (χ4n) is 2.07. The molecule has 0 aliphatic heterocycles. The van der Waals surface area contributed by atoms with E-state index in [1.54, 1.807) is 24.5 Å². The van der Waals surface area contributed by atoms with Gasteiger partial charge in [0.2, 0.25) is 0 Å². The number of likely N-dealkylation sites (N-methyl/N-ethyl adjacent to an activating group) is 1. The first-order chi connectivity index (χ1) is 8.56. The van der Waals surface area contributed by atoms with Gasteiger partial charge in [-0.2, -0.15) is 0 Å². The quantitative estimate of drug-likeness (QED) is 0.882. The predicted molar refractivity (Wildman–Crippen MR) is 68.6 cm³/mol. The van der Waals surface area contributed by atoms with Crippen LogP contribution >= 0.6 is 0 Å². The standard InChI is InChI=1S/C12H16N4O2/c1-4-8(12(17)18)16(3)11-10-9(5-6-13-11)15(2)7-14-10/h5-8H,4H2,1-3H3,(H,17,18). The van der Waals surface area contributed by atoms with Crippen LogP contribution in [-0.4, -0.2) is 38.7 Å². The number of anilines is 1. The molecular weight excluding hydrogens is 232 g/mol. The molecule has 2 heterocycles. The van der Waals surface area contributed by atoms with Crippen LogP contribution in [0.1, 0.15) is 13.3 Å². The van der Waals surface area contributed by atoms with Crippen molar-refractivity contribution in [1.29, 1.82) is 0 Å². The second-order valence-corrected chi connectivity index (χ2v) is 4.23. The van der Waals surface area contributed by atoms with Crippen LogP contribution in [0.25, 0.3) is 11.0 Å². The van der Waals surface area contributed by atoms with Gasteiger partial charge >= 0.3 is 5.97 Å². The van der Waals surface area contributed by atoms with E-state index in [9.17, 15) is 9.90 Å². The van der Waals surface area contributed by atoms with Gasteiger partial charge in [0.15, 0.2) is 5.82 Å². The largest absolute Gasteiger partial charge is 0.480 e. The van der Waals surface area contributed by atoms with Gasteiger partial charge in [0, 0.05) is 20.3 Å². The van der Waals surface area contributed by atoms with E-state index in [2.05, 4.69) is 9.97 Å². The van der Waals surface area contributed by atoms with Gasteiger partial charge in [-0.05, 0) is 12.5 Å². The van der Waals surface area contributed by atoms with E-state index in [1.165, 1.54) is 0 Å². The number of carboxylic acids is 1. The van der Waals surface area contributed by atoms with Crippen LogP contribution in [-0.2, 0) is 11.8 Å². The SMILES string of the molecule is CCC(C(=O)O)N(C)c1nccc2c1ncn2C. The van der Waals surface area contributed by atoms with Crippen LogP contribution in [0.4, 0.5) is 5.82 Å². The van der Waals surface area contributed by atoms with Crippen molar-refractivity contribution < 1.29 is 9.90 Å². The molecule has 0 aromatic carbocycles. The number of rotatable bonds is 4. The monoisotopic (exact) mass is 248 g/mol. The van der Waals surface area contributed by atoms with E-state index in [0.717, 1.165) is 11.0 Å². The molecule has 18 heavy (non-hydrogen) atoms. The molecule has 6 nitrogen and oxygen atoms in total. The number of carboxylic acid groups (broad SMARTS) is 1. The molecule has 0 saturated heterocycles. The topological polar surface area (TPSA) is 71.2 Å². The van der Waals surface area contributed by atoms with Gasteiger partial charge in [-0.1, -0.05) is 6.92 Å². The smallest absolute Gasteiger partial charge is 0.326 e. The number of hydrogen-bond donors (Lipinski definition) is 1. The van der Waals surface area contributed by atoms with Gasteiger partial charge in [0.1, 0.15) is 11.6 Å². The number of imidazole rings is 1. The number of aryl methyl sites for hydroxylation is 1. The Morgan fingerprint density at radius 3 is 2.89 bits per heavy atom. The van der Waals surface area contributed by atoms with E-state index in [-0.39, 0.29) is 0 Å². The summed E-state index contributed by atoms with van der Waals surface area (Å²) in [4.78, 5) is 21.4. The Kier molecular flexibility index (Phi) is 3.18. The molecule has 1 unspecified atom stereocenters. The first-order valence-electron chi connectivity index (χ1n) is 5.78. The highest BCUT2D eigenvalue weighted by atomic mass is 16.4. The molecular formula is C12H16N4O2. The highest BCUT2D eigenvalue weighted by Crippen LogP contribution is 2.23. The number of carbonyl (C=O) groups is 1. The normalized spacial score (nSPS) is 12.6. The minimum Gasteiger partial charge on any atom is -0.480 e. The minimum atomic E-state index is -0.852. The Balaban J connectivity index is 2.50. The second-order valence-electron chi connectivity index (χ2n) is 4.23. The summed E-state index contributed by atoms with van der Waals surface area (Å²) in [6.45, 7) is 1.84. The number of fused-ring (bicyclic) bond motifs is 1. The van der Waals surface area contributed by atoms with Gasteiger partial charge in [-0.25, -0.2) is 14.8 Å². The second kappa shape index (κ2) is 4.64. The maximum atomic E-state index is 11.2. The van der Waals surface area contributed by atoms with Crippen LogP contribution in [0, 0.1) is 0 Å². The van der Waals surface area contributed by atoms with Crippen LogP contribution in [0.5, 0.6) is 0 Å². The fraction of sp³-hybridized carbons (Fsp3) is 0.417. The van der Waals surface area contributed by atoms with Gasteiger partial charge in [-0.15, -0.1) is 0 Å². The summed E-state index contributed by atoms with van der Waals surface area (Å²) in [7, 11) is 3.63. The van der Waals surface area contributed by atoms with Crippen molar-refractivity contribution in [2.45, 2.75) is 19.4 Å². The zero-order valence-corrected chi connectivity index (χ0v) is 10.7. The average molecular weight is 248 g/mol. The van der Waals surface area contributed by atoms with E-state index in [1.807, 2.05) is 24.6 Å². The van der Waals surface area contributed by atoms with Crippen molar-refractivity contribution >= 4 is 22.8 Å². The van der Waals surface area contributed by atoms with Crippen LogP contribution < -0.4 is 4.90 Å². The molecule has 0 amide bonds. The maximum Gasteiger partial charge on any atom is 0.326 e. The van der Waals surface area contributed by atoms with Crippen molar-refractivity contribution in [3.63, 3.8) is 0 Å². The summed E-state index contributed by atoms with van der Waals surface area (Å²) in [5, 5.41) is 9.19. The van der Waals surface area contributed by atoms with Crippen molar-refractivity contribution in [3.8, 4) is 0 Å². The Hall–Kier alpha value is -2.11. The van der Waals surface area contributed by atoms with Gasteiger partial charge in [-0.3, -0.25) is 0 Å². The summed E-state index contributed by atoms with van der Waals surface area (Å²) in [5.41, 5.74) is 1.66. The van der Waals surface area contributed by atoms with Crippen LogP contribution in [0.2, 0.25) is 0 Å². The maximum absolute atomic E-state index is 11.2. The molecule has 0 fully saturated rings. The molecule has 0 bridgehead atoms. The average Bonchev–Trinajstić information content (AvgIpc) is 2.71. The number of aromatic nitrogens is 3. The van der Waals surface area contributed by atoms with Crippen LogP contribution in [0.3, 0.4) is 0 Å². The third-order valence-corrected chi connectivity index (χ3v) is 3.10. The summed E-state index contributed by atoms with van der Waals surface area (Å²) < 4.78 is 1.88. The van der Waals surface area contributed by atoms with E-state index in [0.29, 0.717) is 12.2 Å². The van der Waals surface area contributed by atoms with E-state index >= 15 is 0 Å². The molecule has 2 aromatic rings. The lowest BCUT2D eigenvalue weighted by Crippen LogP contribution is -2.38. The lowest BCUT2D eigenvalue weighted by atomic mass is 10.2. The number of nitrogens with zero attached hydrogens (tertiary/aromatic N) is 4. The highest BCUT2D eigenvalue weighted by molar-refractivity contribution is 5.88. The summed E-state index contributed by atoms with van der Waals surface area (Å²) >= 11 is 0. The van der Waals surface area contributed by atoms with E-state index < -0.39 is 12.0 Å². The highest BCUT2D eigenvalue weighted by Gasteiger charge is 2.23. The van der Waals surface area contributed by atoms with Gasteiger partial charge in [0.05, 0.1) is 11.8 Å². The fourth-order valence-corrected chi connectivity index (χ4v) is 2.07. The molecule has 0 spiro atoms. The molecule has 2 rings (SSSR count). The molecule has 0 saturated carbocycles. The minimum absolute atomic E-state index is 0.511. The number of hydrogen-bond acceptors (Lipinski definition) is 4. The molecule has 2 aromatic heterocycles. The zero-order valence-electron chi connectivity index (χ0n) is 10.7. The molecule has 96 valence electrons. The lowest BCUT2D eigenvalue weighted by molar-refractivity contribution is -0.138. The number of pyridine rings is 1. The summed E-state index contributed by atoms with van der Waals surface area (Å²) in [6.07, 6.45) is 3.88. The van der Waals surface area contributed by atoms with Gasteiger partial charge < -0.3 is 14.6 Å². The first kappa shape index (κ1) is 12.3. The Morgan fingerprint density at radius 2 is 2.28 bits per heavy atom. The summed E-state index contributed by atoms with van der Waals surface area (Å²) in [5.74, 6) is -0.253. The molecule has 1 atom stereocenters. The van der Waals surface area contributed by atoms with Crippen molar-refractivity contribution in [2.24, 2.45) is 7.05 Å². The Bertz CT molecular complexity index is 578. The number of aliphatic carboxylic acids is 1. The van der Waals surface area contributed by atoms with Crippen LogP contribution in [0.15, 0.2) is 18.6 Å². The molecule has 1 N–H and O–H groups in total. The molecule has 0 radical (unpaired) electrons. The molecule has 0 aliphatic rings. The Labute approximate surface area is 105 Å². The zero-order chi connectivity index (χ0) is 13.3. The Morgan fingerprint density at radius 1 is 1.56 bits per heavy atom. The lowest BCUT2D eigenvalue weighted by Gasteiger charge is -2.24. The predicted octanol–water partition coefficient (Wildman–Crippen LogP) is 1.27. The first-order valence-corrected chi connectivity index (χ1v) is 5.78. The third kappa shape index (κ3) is 1.90. The van der Waals surface area contributed by atoms with E-state index in [4.69, 9.17) is 0 Å². The molecule has 6 heteroatoms. The van der Waals surface area contributed by atoms with Crippen molar-refractivity contribution in [1.82, 2.24) is 14.5 Å². The van der Waals surface area contributed by atoms with Gasteiger partial charge in [0.25, 0.3) is 0 Å².